The lowest BCUT2D eigenvalue weighted by Gasteiger charge is -2.25. The van der Waals surface area contributed by atoms with Gasteiger partial charge in [0.25, 0.3) is 0 Å². The molecule has 1 saturated carbocycles. The number of hydrogen-bond acceptors (Lipinski definition) is 7. The van der Waals surface area contributed by atoms with Crippen molar-refractivity contribution in [2.75, 3.05) is 32.1 Å². The fraction of sp³-hybridized carbons (Fsp3) is 0.812. The summed E-state index contributed by atoms with van der Waals surface area (Å²) in [6, 6.07) is -0.193. The molecule has 2 heterocycles. The van der Waals surface area contributed by atoms with E-state index in [0.717, 1.165) is 0 Å². The minimum atomic E-state index is -3.30. The molecule has 3 atom stereocenters. The Bertz CT molecular complexity index is 764. The maximum atomic E-state index is 12.4. The highest BCUT2D eigenvalue weighted by Gasteiger charge is 2.58. The van der Waals surface area contributed by atoms with Gasteiger partial charge in [0.1, 0.15) is 6.61 Å². The van der Waals surface area contributed by atoms with Gasteiger partial charge in [-0.1, -0.05) is 5.16 Å². The Morgan fingerprint density at radius 3 is 2.85 bits per heavy atom. The zero-order valence-corrected chi connectivity index (χ0v) is 16.2. The molecule has 2 fully saturated rings. The summed E-state index contributed by atoms with van der Waals surface area (Å²) >= 11 is 0. The molecule has 2 aliphatic rings. The van der Waals surface area contributed by atoms with Crippen LogP contribution < -0.4 is 4.72 Å². The quantitative estimate of drug-likeness (QED) is 0.712. The molecule has 1 amide bonds. The summed E-state index contributed by atoms with van der Waals surface area (Å²) in [7, 11) is -3.30. The van der Waals surface area contributed by atoms with Gasteiger partial charge >= 0.3 is 0 Å². The maximum absolute atomic E-state index is 12.4. The third kappa shape index (κ3) is 3.63. The van der Waals surface area contributed by atoms with Gasteiger partial charge < -0.3 is 14.2 Å². The van der Waals surface area contributed by atoms with Crippen LogP contribution in [0.15, 0.2) is 4.52 Å². The van der Waals surface area contributed by atoms with E-state index in [2.05, 4.69) is 14.9 Å². The number of rotatable bonds is 7. The van der Waals surface area contributed by atoms with E-state index in [4.69, 9.17) is 9.26 Å². The second-order valence-electron chi connectivity index (χ2n) is 7.07. The number of carbonyl (C=O) groups is 1. The second kappa shape index (κ2) is 7.24. The van der Waals surface area contributed by atoms with Crippen LogP contribution in [-0.2, 0) is 25.0 Å². The van der Waals surface area contributed by atoms with Crippen molar-refractivity contribution in [1.82, 2.24) is 19.8 Å². The van der Waals surface area contributed by atoms with Crippen LogP contribution in [0.2, 0.25) is 0 Å². The van der Waals surface area contributed by atoms with Crippen molar-refractivity contribution in [2.45, 2.75) is 45.1 Å². The Kier molecular flexibility index (Phi) is 5.36. The average Bonchev–Trinajstić information content (AvgIpc) is 3.24. The predicted octanol–water partition coefficient (Wildman–Crippen LogP) is 0.212. The number of nitrogens with one attached hydrogen (secondary N) is 1. The van der Waals surface area contributed by atoms with Crippen molar-refractivity contribution in [3.8, 4) is 0 Å². The van der Waals surface area contributed by atoms with Crippen LogP contribution in [0.25, 0.3) is 0 Å². The molecule has 1 aromatic heterocycles. The van der Waals surface area contributed by atoms with E-state index in [-0.39, 0.29) is 30.2 Å². The number of aromatic nitrogens is 2. The fourth-order valence-corrected chi connectivity index (χ4v) is 4.95. The van der Waals surface area contributed by atoms with Crippen molar-refractivity contribution in [3.63, 3.8) is 0 Å². The highest BCUT2D eigenvalue weighted by atomic mass is 32.2. The van der Waals surface area contributed by atoms with Crippen LogP contribution in [0.1, 0.15) is 38.4 Å². The van der Waals surface area contributed by atoms with Gasteiger partial charge in [-0.3, -0.25) is 4.79 Å². The molecule has 26 heavy (non-hydrogen) atoms. The number of sulfonamides is 1. The molecule has 0 aromatic carbocycles. The number of nitrogens with zero attached hydrogens (tertiary/aromatic N) is 3. The van der Waals surface area contributed by atoms with Gasteiger partial charge in [-0.15, -0.1) is 0 Å². The first kappa shape index (κ1) is 19.2. The van der Waals surface area contributed by atoms with E-state index >= 15 is 0 Å². The van der Waals surface area contributed by atoms with Crippen molar-refractivity contribution in [1.29, 1.82) is 0 Å². The van der Waals surface area contributed by atoms with Crippen molar-refractivity contribution in [2.24, 2.45) is 5.92 Å². The Morgan fingerprint density at radius 1 is 1.46 bits per heavy atom. The molecule has 9 nitrogen and oxygen atoms in total. The fourth-order valence-electron chi connectivity index (χ4n) is 4.10. The number of amides is 1. The molecular formula is C16H26N4O5S. The zero-order valence-electron chi connectivity index (χ0n) is 15.4. The first-order chi connectivity index (χ1) is 12.3. The largest absolute Gasteiger partial charge is 0.372 e. The second-order valence-corrected chi connectivity index (χ2v) is 9.11. The molecule has 1 saturated heterocycles. The van der Waals surface area contributed by atoms with E-state index in [9.17, 15) is 13.2 Å². The van der Waals surface area contributed by atoms with Gasteiger partial charge in [-0.05, 0) is 39.5 Å². The number of likely N-dealkylation sites (tertiary alicyclic amines) is 1. The third-order valence-electron chi connectivity index (χ3n) is 5.34. The topological polar surface area (TPSA) is 115 Å². The Hall–Kier alpha value is -1.52. The summed E-state index contributed by atoms with van der Waals surface area (Å²) < 4.78 is 37.4. The molecule has 3 rings (SSSR count). The van der Waals surface area contributed by atoms with Crippen LogP contribution >= 0.6 is 0 Å². The predicted molar refractivity (Wildman–Crippen MR) is 92.9 cm³/mol. The van der Waals surface area contributed by atoms with Gasteiger partial charge in [0.15, 0.2) is 5.82 Å². The number of carbonyl (C=O) groups excluding carboxylic acids is 1. The zero-order chi connectivity index (χ0) is 18.9. The molecule has 1 unspecified atom stereocenters. The van der Waals surface area contributed by atoms with Crippen LogP contribution in [0, 0.1) is 12.8 Å². The summed E-state index contributed by atoms with van der Waals surface area (Å²) in [5.74, 6) is 1.06. The monoisotopic (exact) mass is 386 g/mol. The van der Waals surface area contributed by atoms with E-state index in [1.165, 1.54) is 0 Å². The molecule has 146 valence electrons. The molecule has 10 heteroatoms. The van der Waals surface area contributed by atoms with Gasteiger partial charge in [0.2, 0.25) is 21.8 Å². The van der Waals surface area contributed by atoms with Crippen LogP contribution in [0.5, 0.6) is 0 Å². The summed E-state index contributed by atoms with van der Waals surface area (Å²) in [5, 5.41) is 3.90. The van der Waals surface area contributed by atoms with E-state index < -0.39 is 15.4 Å². The van der Waals surface area contributed by atoms with Crippen molar-refractivity contribution >= 4 is 15.9 Å². The van der Waals surface area contributed by atoms with Gasteiger partial charge in [-0.2, -0.15) is 4.98 Å². The van der Waals surface area contributed by atoms with Crippen molar-refractivity contribution < 1.29 is 22.5 Å². The highest BCUT2D eigenvalue weighted by Crippen LogP contribution is 2.50. The minimum Gasteiger partial charge on any atom is -0.372 e. The van der Waals surface area contributed by atoms with Crippen LogP contribution in [0.4, 0.5) is 0 Å². The summed E-state index contributed by atoms with van der Waals surface area (Å²) in [5.41, 5.74) is -0.510. The lowest BCUT2D eigenvalue weighted by atomic mass is 9.80. The molecule has 0 spiro atoms. The Labute approximate surface area is 153 Å². The average molecular weight is 386 g/mol. The molecule has 1 aromatic rings. The smallest absolute Gasteiger partial charge is 0.248 e. The molecular weight excluding hydrogens is 360 g/mol. The van der Waals surface area contributed by atoms with Crippen molar-refractivity contribution in [3.05, 3.63) is 11.7 Å². The van der Waals surface area contributed by atoms with Gasteiger partial charge in [0, 0.05) is 25.7 Å². The molecule has 1 aliphatic carbocycles. The normalized spacial score (nSPS) is 28.5. The molecule has 0 bridgehead atoms. The van der Waals surface area contributed by atoms with Gasteiger partial charge in [-0.25, -0.2) is 13.1 Å². The number of aryl methyl sites for hydroxylation is 1. The van der Waals surface area contributed by atoms with E-state index in [0.29, 0.717) is 44.3 Å². The number of hydrogen-bond donors (Lipinski definition) is 1. The highest BCUT2D eigenvalue weighted by molar-refractivity contribution is 7.89. The lowest BCUT2D eigenvalue weighted by Crippen LogP contribution is -2.40. The Balaban J connectivity index is 1.82. The summed E-state index contributed by atoms with van der Waals surface area (Å²) in [6.07, 6.45) is 1.18. The standard InChI is InChI=1S/C16H26N4O5S/c1-4-24-9-14(21)20-8-12-6-13(19-26(22,23)5-2)7-16(12,10-20)15-17-11(3)18-25-15/h12-13,19H,4-10H2,1-3H3/t12?,13-,16+/m1/s1. The van der Waals surface area contributed by atoms with Crippen LogP contribution in [-0.4, -0.2) is 67.5 Å². The number of fused-ring (bicyclic) bond motifs is 1. The maximum Gasteiger partial charge on any atom is 0.248 e. The van der Waals surface area contributed by atoms with Gasteiger partial charge in [0.05, 0.1) is 11.2 Å². The van der Waals surface area contributed by atoms with Crippen LogP contribution in [0.3, 0.4) is 0 Å². The van der Waals surface area contributed by atoms with E-state index in [1.54, 1.807) is 18.7 Å². The lowest BCUT2D eigenvalue weighted by molar-refractivity contribution is -0.135. The molecule has 1 aliphatic heterocycles. The SMILES string of the molecule is CCOCC(=O)N1CC2C[C@@H](NS(=O)(=O)CC)C[C@]2(c2nc(C)no2)C1. The first-order valence-corrected chi connectivity index (χ1v) is 10.6. The third-order valence-corrected chi connectivity index (χ3v) is 6.79. The number of ether oxygens (including phenoxy) is 1. The summed E-state index contributed by atoms with van der Waals surface area (Å²) in [6.45, 7) is 6.72. The first-order valence-electron chi connectivity index (χ1n) is 8.96. The Morgan fingerprint density at radius 2 is 2.23 bits per heavy atom. The molecule has 1 N–H and O–H groups in total. The minimum absolute atomic E-state index is 0.0415. The summed E-state index contributed by atoms with van der Waals surface area (Å²) in [4.78, 5) is 18.6. The molecule has 0 radical (unpaired) electrons. The van der Waals surface area contributed by atoms with E-state index in [1.807, 2.05) is 6.92 Å².